The molecule has 0 bridgehead atoms. The van der Waals surface area contributed by atoms with Crippen LogP contribution < -0.4 is 0 Å². The van der Waals surface area contributed by atoms with Crippen LogP contribution in [-0.4, -0.2) is 40.1 Å². The van der Waals surface area contributed by atoms with Crippen LogP contribution in [0.15, 0.2) is 67.5 Å². The fourth-order valence-electron chi connectivity index (χ4n) is 3.64. The molecule has 0 aliphatic rings. The summed E-state index contributed by atoms with van der Waals surface area (Å²) in [5.74, 6) is -0.0810. The molecular weight excluding hydrogens is 395 g/mol. The number of imidazole rings is 1. The van der Waals surface area contributed by atoms with Gasteiger partial charge in [0.2, 0.25) is 0 Å². The quantitative estimate of drug-likeness (QED) is 0.455. The Morgan fingerprint density at radius 2 is 1.61 bits per heavy atom. The van der Waals surface area contributed by atoms with Crippen LogP contribution in [0.5, 0.6) is 0 Å². The second kappa shape index (κ2) is 6.77. The summed E-state index contributed by atoms with van der Waals surface area (Å²) >= 11 is 0. The van der Waals surface area contributed by atoms with Gasteiger partial charge in [0.25, 0.3) is 0 Å². The van der Waals surface area contributed by atoms with Crippen LogP contribution >= 0.6 is 0 Å². The Kier molecular flexibility index (Phi) is 3.79. The molecule has 6 aromatic heterocycles. The third kappa shape index (κ3) is 2.75. The van der Waals surface area contributed by atoms with Crippen molar-refractivity contribution in [2.75, 3.05) is 0 Å². The van der Waals surface area contributed by atoms with Crippen LogP contribution in [0.3, 0.4) is 0 Å². The fraction of sp³-hybridized carbons (Fsp3) is 0. The first-order valence-corrected chi connectivity index (χ1v) is 9.48. The maximum atomic E-state index is 15.5. The van der Waals surface area contributed by atoms with E-state index >= 15 is 4.39 Å². The summed E-state index contributed by atoms with van der Waals surface area (Å²) < 4.78 is 15.5. The van der Waals surface area contributed by atoms with Crippen molar-refractivity contribution < 1.29 is 4.39 Å². The highest BCUT2D eigenvalue weighted by Gasteiger charge is 2.21. The van der Waals surface area contributed by atoms with Gasteiger partial charge < -0.3 is 4.98 Å². The normalized spacial score (nSPS) is 11.4. The van der Waals surface area contributed by atoms with Crippen molar-refractivity contribution in [3.8, 4) is 33.9 Å². The SMILES string of the molecule is Fc1c(-c2cccnc2)ncc2[nH]nc(-c3nc4nccc(-c5cccnc5)c4[nH]3)c12. The summed E-state index contributed by atoms with van der Waals surface area (Å²) in [6, 6.07) is 9.20. The van der Waals surface area contributed by atoms with Crippen LogP contribution in [-0.2, 0) is 0 Å². The zero-order chi connectivity index (χ0) is 20.8. The number of H-pyrrole nitrogens is 2. The molecule has 0 aliphatic carbocycles. The second-order valence-corrected chi connectivity index (χ2v) is 6.91. The molecule has 0 spiro atoms. The van der Waals surface area contributed by atoms with Crippen LogP contribution in [0.25, 0.3) is 56.0 Å². The molecule has 6 heterocycles. The number of fused-ring (bicyclic) bond motifs is 2. The van der Waals surface area contributed by atoms with Crippen molar-refractivity contribution in [3.63, 3.8) is 0 Å². The molecule has 0 fully saturated rings. The van der Waals surface area contributed by atoms with Crippen molar-refractivity contribution >= 4 is 22.1 Å². The molecule has 6 rings (SSSR count). The number of pyridine rings is 4. The van der Waals surface area contributed by atoms with E-state index < -0.39 is 5.82 Å². The largest absolute Gasteiger partial charge is 0.335 e. The van der Waals surface area contributed by atoms with Gasteiger partial charge in [-0.1, -0.05) is 6.07 Å². The van der Waals surface area contributed by atoms with E-state index in [1.54, 1.807) is 49.3 Å². The van der Waals surface area contributed by atoms with Crippen LogP contribution in [0.2, 0.25) is 0 Å². The van der Waals surface area contributed by atoms with E-state index in [4.69, 9.17) is 0 Å². The Bertz CT molecular complexity index is 1540. The second-order valence-electron chi connectivity index (χ2n) is 6.91. The lowest BCUT2D eigenvalue weighted by Crippen LogP contribution is -1.92. The zero-order valence-corrected chi connectivity index (χ0v) is 15.9. The van der Waals surface area contributed by atoms with Crippen molar-refractivity contribution in [1.82, 2.24) is 40.1 Å². The van der Waals surface area contributed by atoms with Crippen molar-refractivity contribution in [2.45, 2.75) is 0 Å². The molecule has 0 amide bonds. The van der Waals surface area contributed by atoms with Gasteiger partial charge in [0.15, 0.2) is 17.3 Å². The predicted octanol–water partition coefficient (Wildman–Crippen LogP) is 4.16. The molecule has 9 heteroatoms. The van der Waals surface area contributed by atoms with E-state index in [9.17, 15) is 0 Å². The maximum absolute atomic E-state index is 15.5. The van der Waals surface area contributed by atoms with Gasteiger partial charge in [0.1, 0.15) is 11.4 Å². The Hall–Kier alpha value is -4.53. The molecule has 0 atom stereocenters. The first-order valence-electron chi connectivity index (χ1n) is 9.48. The molecule has 148 valence electrons. The van der Waals surface area contributed by atoms with E-state index in [-0.39, 0.29) is 5.69 Å². The van der Waals surface area contributed by atoms with Gasteiger partial charge in [-0.15, -0.1) is 0 Å². The standard InChI is InChI=1S/C22H13FN8/c23-17-16-15(11-27-18(17)13-4-2-7-25-10-13)30-31-20(16)22-28-19-14(5-8-26-21(19)29-22)12-3-1-6-24-9-12/h1-11H,(H,30,31)(H,26,28,29). The molecule has 0 unspecified atom stereocenters. The molecule has 2 N–H and O–H groups in total. The molecular formula is C22H13FN8. The van der Waals surface area contributed by atoms with E-state index in [1.807, 2.05) is 18.2 Å². The number of nitrogens with one attached hydrogen (secondary N) is 2. The van der Waals surface area contributed by atoms with Gasteiger partial charge >= 0.3 is 0 Å². The molecule has 0 saturated heterocycles. The number of aromatic amines is 2. The van der Waals surface area contributed by atoms with Gasteiger partial charge in [0, 0.05) is 47.7 Å². The molecule has 0 saturated carbocycles. The van der Waals surface area contributed by atoms with Crippen LogP contribution in [0.4, 0.5) is 4.39 Å². The molecule has 0 aromatic carbocycles. The van der Waals surface area contributed by atoms with Gasteiger partial charge in [-0.05, 0) is 24.3 Å². The Morgan fingerprint density at radius 3 is 2.39 bits per heavy atom. The third-order valence-corrected chi connectivity index (χ3v) is 5.07. The summed E-state index contributed by atoms with van der Waals surface area (Å²) in [6.07, 6.45) is 9.92. The Labute approximate surface area is 174 Å². The number of aromatic nitrogens is 8. The van der Waals surface area contributed by atoms with Crippen LogP contribution in [0, 0.1) is 5.82 Å². The summed E-state index contributed by atoms with van der Waals surface area (Å²) in [5.41, 5.74) is 4.67. The lowest BCUT2D eigenvalue weighted by molar-refractivity contribution is 0.638. The number of hydrogen-bond acceptors (Lipinski definition) is 6. The fourth-order valence-corrected chi connectivity index (χ4v) is 3.64. The first kappa shape index (κ1) is 17.3. The molecule has 31 heavy (non-hydrogen) atoms. The molecule has 8 nitrogen and oxygen atoms in total. The van der Waals surface area contributed by atoms with Gasteiger partial charge in [-0.25, -0.2) is 14.4 Å². The van der Waals surface area contributed by atoms with Gasteiger partial charge in [-0.2, -0.15) is 5.10 Å². The van der Waals surface area contributed by atoms with Crippen LogP contribution in [0.1, 0.15) is 0 Å². The molecule has 0 radical (unpaired) electrons. The minimum atomic E-state index is -0.491. The smallest absolute Gasteiger partial charge is 0.178 e. The lowest BCUT2D eigenvalue weighted by atomic mass is 10.1. The minimum absolute atomic E-state index is 0.202. The Balaban J connectivity index is 1.56. The summed E-state index contributed by atoms with van der Waals surface area (Å²) in [7, 11) is 0. The van der Waals surface area contributed by atoms with E-state index in [2.05, 4.69) is 40.1 Å². The highest BCUT2D eigenvalue weighted by Crippen LogP contribution is 2.33. The lowest BCUT2D eigenvalue weighted by Gasteiger charge is -2.03. The van der Waals surface area contributed by atoms with Crippen molar-refractivity contribution in [3.05, 3.63) is 73.3 Å². The van der Waals surface area contributed by atoms with Gasteiger partial charge in [-0.3, -0.25) is 20.1 Å². The van der Waals surface area contributed by atoms with E-state index in [0.29, 0.717) is 33.6 Å². The monoisotopic (exact) mass is 408 g/mol. The van der Waals surface area contributed by atoms with Crippen molar-refractivity contribution in [1.29, 1.82) is 0 Å². The first-order chi connectivity index (χ1) is 15.3. The van der Waals surface area contributed by atoms with E-state index in [1.165, 1.54) is 0 Å². The summed E-state index contributed by atoms with van der Waals surface area (Å²) in [6.45, 7) is 0. The summed E-state index contributed by atoms with van der Waals surface area (Å²) in [5, 5.41) is 7.44. The molecule has 6 aromatic rings. The third-order valence-electron chi connectivity index (χ3n) is 5.07. The number of halogens is 1. The number of rotatable bonds is 3. The number of hydrogen-bond donors (Lipinski definition) is 2. The average Bonchev–Trinajstić information content (AvgIpc) is 3.45. The highest BCUT2D eigenvalue weighted by atomic mass is 19.1. The maximum Gasteiger partial charge on any atom is 0.178 e. The Morgan fingerprint density at radius 1 is 0.806 bits per heavy atom. The van der Waals surface area contributed by atoms with Gasteiger partial charge in [0.05, 0.1) is 22.6 Å². The molecule has 0 aliphatic heterocycles. The highest BCUT2D eigenvalue weighted by molar-refractivity contribution is 5.97. The van der Waals surface area contributed by atoms with E-state index in [0.717, 1.165) is 16.6 Å². The minimum Gasteiger partial charge on any atom is -0.335 e. The topological polar surface area (TPSA) is 109 Å². The summed E-state index contributed by atoms with van der Waals surface area (Å²) in [4.78, 5) is 24.7. The van der Waals surface area contributed by atoms with Crippen molar-refractivity contribution in [2.24, 2.45) is 0 Å². The average molecular weight is 408 g/mol. The number of nitrogens with zero attached hydrogens (tertiary/aromatic N) is 6. The predicted molar refractivity (Wildman–Crippen MR) is 113 cm³/mol. The zero-order valence-electron chi connectivity index (χ0n) is 15.9.